The van der Waals surface area contributed by atoms with E-state index >= 15 is 0 Å². The first-order valence-electron chi connectivity index (χ1n) is 7.83. The van der Waals surface area contributed by atoms with Gasteiger partial charge in [0.1, 0.15) is 6.29 Å². The zero-order valence-corrected chi connectivity index (χ0v) is 13.8. The highest BCUT2D eigenvalue weighted by Crippen LogP contribution is 2.49. The number of methoxy groups -OCH3 is 1. The molecule has 0 heterocycles. The van der Waals surface area contributed by atoms with Gasteiger partial charge in [-0.2, -0.15) is 0 Å². The molecule has 0 bridgehead atoms. The summed E-state index contributed by atoms with van der Waals surface area (Å²) in [6, 6.07) is 7.25. The van der Waals surface area contributed by atoms with E-state index in [-0.39, 0.29) is 5.92 Å². The number of benzene rings is 1. The molecule has 1 fully saturated rings. The van der Waals surface area contributed by atoms with Crippen molar-refractivity contribution in [1.82, 2.24) is 0 Å². The van der Waals surface area contributed by atoms with Gasteiger partial charge in [0, 0.05) is 5.03 Å². The number of carbonyl (C=O) groups excluding carboxylic acids is 2. The highest BCUT2D eigenvalue weighted by atomic mass is 35.5. The van der Waals surface area contributed by atoms with Crippen molar-refractivity contribution in [2.45, 2.75) is 31.1 Å². The molecule has 0 saturated heterocycles. The van der Waals surface area contributed by atoms with E-state index in [0.29, 0.717) is 12.0 Å². The molecule has 0 aromatic heterocycles. The van der Waals surface area contributed by atoms with Crippen LogP contribution in [0.25, 0.3) is 0 Å². The lowest BCUT2D eigenvalue weighted by Crippen LogP contribution is -2.39. The van der Waals surface area contributed by atoms with Crippen molar-refractivity contribution in [2.75, 3.05) is 7.11 Å². The molecule has 1 aromatic carbocycles. The predicted octanol–water partition coefficient (Wildman–Crippen LogP) is 4.16. The van der Waals surface area contributed by atoms with Gasteiger partial charge in [-0.15, -0.1) is 0 Å². The van der Waals surface area contributed by atoms with Crippen LogP contribution in [0, 0.1) is 5.92 Å². The Bertz CT molecular complexity index is 704. The maximum absolute atomic E-state index is 12.2. The highest BCUT2D eigenvalue weighted by Gasteiger charge is 2.44. The summed E-state index contributed by atoms with van der Waals surface area (Å²) < 4.78 is 4.90. The molecule has 2 unspecified atom stereocenters. The number of hydrogen-bond donors (Lipinski definition) is 0. The number of ether oxygens (including phenoxy) is 1. The van der Waals surface area contributed by atoms with Crippen molar-refractivity contribution in [1.29, 1.82) is 0 Å². The number of carbonyl (C=O) groups is 2. The van der Waals surface area contributed by atoms with Gasteiger partial charge in [0.15, 0.2) is 0 Å². The summed E-state index contributed by atoms with van der Waals surface area (Å²) in [6.07, 6.45) is 8.27. The third-order valence-corrected chi connectivity index (χ3v) is 5.26. The van der Waals surface area contributed by atoms with Crippen molar-refractivity contribution in [3.8, 4) is 0 Å². The van der Waals surface area contributed by atoms with E-state index in [1.54, 1.807) is 12.1 Å². The Morgan fingerprint density at radius 2 is 2.13 bits per heavy atom. The molecular weight excluding hydrogens is 312 g/mol. The highest BCUT2D eigenvalue weighted by molar-refractivity contribution is 6.29. The lowest BCUT2D eigenvalue weighted by Gasteiger charge is -2.42. The molecule has 0 radical (unpaired) electrons. The summed E-state index contributed by atoms with van der Waals surface area (Å²) in [4.78, 5) is 24.4. The number of aldehydes is 1. The van der Waals surface area contributed by atoms with Crippen LogP contribution in [0.5, 0.6) is 0 Å². The standard InChI is InChI=1S/C19H19ClO3/c1-23-18(22)15-6-2-3-7-17(15)19(12-21)10-4-5-13-11-14(20)8-9-16(13)19/h2-3,6-9,12-13H,4-5,10-11H2,1H3. The van der Waals surface area contributed by atoms with Gasteiger partial charge in [0.25, 0.3) is 0 Å². The van der Waals surface area contributed by atoms with E-state index in [1.165, 1.54) is 7.11 Å². The smallest absolute Gasteiger partial charge is 0.338 e. The zero-order chi connectivity index (χ0) is 16.4. The van der Waals surface area contributed by atoms with Crippen LogP contribution in [0.2, 0.25) is 0 Å². The molecule has 2 aliphatic rings. The van der Waals surface area contributed by atoms with Gasteiger partial charge in [-0.3, -0.25) is 0 Å². The molecule has 2 atom stereocenters. The third-order valence-electron chi connectivity index (χ3n) is 4.98. The van der Waals surface area contributed by atoms with Gasteiger partial charge in [-0.05, 0) is 48.5 Å². The monoisotopic (exact) mass is 330 g/mol. The Balaban J connectivity index is 2.19. The minimum Gasteiger partial charge on any atom is -0.465 e. The Labute approximate surface area is 141 Å². The van der Waals surface area contributed by atoms with Crippen molar-refractivity contribution in [2.24, 2.45) is 5.92 Å². The molecule has 2 aliphatic carbocycles. The summed E-state index contributed by atoms with van der Waals surface area (Å²) in [5.41, 5.74) is 1.51. The summed E-state index contributed by atoms with van der Waals surface area (Å²) in [5.74, 6) is -0.147. The molecule has 0 N–H and O–H groups in total. The van der Waals surface area contributed by atoms with Crippen LogP contribution in [-0.4, -0.2) is 19.4 Å². The number of rotatable bonds is 3. The van der Waals surface area contributed by atoms with Crippen LogP contribution >= 0.6 is 11.6 Å². The molecule has 4 heteroatoms. The fraction of sp³-hybridized carbons (Fsp3) is 0.368. The first-order valence-corrected chi connectivity index (χ1v) is 8.21. The minimum atomic E-state index is -0.762. The second kappa shape index (κ2) is 6.32. The topological polar surface area (TPSA) is 43.4 Å². The van der Waals surface area contributed by atoms with Crippen LogP contribution in [0.1, 0.15) is 41.6 Å². The van der Waals surface area contributed by atoms with Crippen molar-refractivity contribution < 1.29 is 14.3 Å². The largest absolute Gasteiger partial charge is 0.465 e. The van der Waals surface area contributed by atoms with E-state index in [2.05, 4.69) is 0 Å². The van der Waals surface area contributed by atoms with Crippen LogP contribution in [-0.2, 0) is 14.9 Å². The fourth-order valence-corrected chi connectivity index (χ4v) is 4.16. The van der Waals surface area contributed by atoms with Crippen LogP contribution in [0.3, 0.4) is 0 Å². The molecule has 1 aromatic rings. The molecule has 3 rings (SSSR count). The number of fused-ring (bicyclic) bond motifs is 1. The van der Waals surface area contributed by atoms with E-state index in [1.807, 2.05) is 24.3 Å². The summed E-state index contributed by atoms with van der Waals surface area (Å²) in [6.45, 7) is 0. The first-order chi connectivity index (χ1) is 11.1. The normalized spacial score (nSPS) is 26.6. The molecule has 0 aliphatic heterocycles. The molecule has 3 nitrogen and oxygen atoms in total. The average molecular weight is 331 g/mol. The van der Waals surface area contributed by atoms with E-state index < -0.39 is 11.4 Å². The summed E-state index contributed by atoms with van der Waals surface area (Å²) in [7, 11) is 1.36. The molecule has 0 spiro atoms. The van der Waals surface area contributed by atoms with Gasteiger partial charge in [-0.25, -0.2) is 4.79 Å². The average Bonchev–Trinajstić information content (AvgIpc) is 2.60. The van der Waals surface area contributed by atoms with Gasteiger partial charge >= 0.3 is 5.97 Å². The third kappa shape index (κ3) is 2.63. The summed E-state index contributed by atoms with van der Waals surface area (Å²) >= 11 is 6.18. The van der Waals surface area contributed by atoms with Crippen LogP contribution in [0.4, 0.5) is 0 Å². The van der Waals surface area contributed by atoms with Crippen molar-refractivity contribution in [3.63, 3.8) is 0 Å². The Morgan fingerprint density at radius 3 is 2.87 bits per heavy atom. The molecule has 1 saturated carbocycles. The summed E-state index contributed by atoms with van der Waals surface area (Å²) in [5, 5.41) is 0.821. The van der Waals surface area contributed by atoms with Gasteiger partial charge < -0.3 is 9.53 Å². The van der Waals surface area contributed by atoms with E-state index in [9.17, 15) is 9.59 Å². The lowest BCUT2D eigenvalue weighted by atomic mass is 9.60. The SMILES string of the molecule is COC(=O)c1ccccc1C1(C=O)CCCC2CC(Cl)=CC=C21. The van der Waals surface area contributed by atoms with E-state index in [0.717, 1.165) is 41.7 Å². The number of hydrogen-bond acceptors (Lipinski definition) is 3. The minimum absolute atomic E-state index is 0.261. The van der Waals surface area contributed by atoms with Crippen molar-refractivity contribution in [3.05, 3.63) is 58.1 Å². The number of allylic oxidation sites excluding steroid dienone is 4. The lowest BCUT2D eigenvalue weighted by molar-refractivity contribution is -0.112. The molecular formula is C19H19ClO3. The fourth-order valence-electron chi connectivity index (χ4n) is 3.91. The second-order valence-electron chi connectivity index (χ2n) is 6.16. The Hall–Kier alpha value is -1.87. The maximum atomic E-state index is 12.2. The van der Waals surface area contributed by atoms with Gasteiger partial charge in [-0.1, -0.05) is 42.3 Å². The van der Waals surface area contributed by atoms with Crippen LogP contribution in [0.15, 0.2) is 47.0 Å². The van der Waals surface area contributed by atoms with Gasteiger partial charge in [0.05, 0.1) is 18.1 Å². The zero-order valence-electron chi connectivity index (χ0n) is 13.0. The quantitative estimate of drug-likeness (QED) is 0.617. The van der Waals surface area contributed by atoms with Crippen molar-refractivity contribution >= 4 is 23.9 Å². The molecule has 23 heavy (non-hydrogen) atoms. The Kier molecular flexibility index (Phi) is 4.40. The predicted molar refractivity (Wildman–Crippen MR) is 89.5 cm³/mol. The molecule has 0 amide bonds. The Morgan fingerprint density at radius 1 is 1.35 bits per heavy atom. The van der Waals surface area contributed by atoms with E-state index in [4.69, 9.17) is 16.3 Å². The second-order valence-corrected chi connectivity index (χ2v) is 6.64. The van der Waals surface area contributed by atoms with Crippen LogP contribution < -0.4 is 0 Å². The first kappa shape index (κ1) is 16.0. The molecule has 120 valence electrons. The van der Waals surface area contributed by atoms with Gasteiger partial charge in [0.2, 0.25) is 0 Å². The maximum Gasteiger partial charge on any atom is 0.338 e. The number of halogens is 1. The number of esters is 1.